The molecule has 1 aliphatic heterocycles. The van der Waals surface area contributed by atoms with E-state index in [0.717, 1.165) is 24.6 Å². The van der Waals surface area contributed by atoms with E-state index in [1.807, 2.05) is 0 Å². The second-order valence-electron chi connectivity index (χ2n) is 5.98. The van der Waals surface area contributed by atoms with E-state index >= 15 is 0 Å². The quantitative estimate of drug-likeness (QED) is 0.912. The van der Waals surface area contributed by atoms with E-state index in [4.69, 9.17) is 9.47 Å². The molecule has 0 amide bonds. The van der Waals surface area contributed by atoms with Crippen molar-refractivity contribution in [1.82, 2.24) is 5.32 Å². The van der Waals surface area contributed by atoms with E-state index in [1.165, 1.54) is 44.1 Å². The van der Waals surface area contributed by atoms with Gasteiger partial charge in [0.2, 0.25) is 0 Å². The highest BCUT2D eigenvalue weighted by atomic mass is 16.5. The third-order valence-corrected chi connectivity index (χ3v) is 4.55. The molecule has 3 rings (SSSR count). The third-order valence-electron chi connectivity index (χ3n) is 4.55. The monoisotopic (exact) mass is 275 g/mol. The van der Waals surface area contributed by atoms with Crippen LogP contribution >= 0.6 is 0 Å². The summed E-state index contributed by atoms with van der Waals surface area (Å²) in [6.45, 7) is 2.23. The van der Waals surface area contributed by atoms with Crippen LogP contribution in [0.3, 0.4) is 0 Å². The Morgan fingerprint density at radius 3 is 2.60 bits per heavy atom. The topological polar surface area (TPSA) is 30.5 Å². The van der Waals surface area contributed by atoms with Crippen molar-refractivity contribution in [2.24, 2.45) is 0 Å². The molecule has 0 radical (unpaired) electrons. The lowest BCUT2D eigenvalue weighted by molar-refractivity contribution is 0.200. The fraction of sp³-hybridized carbons (Fsp3) is 0.647. The van der Waals surface area contributed by atoms with Gasteiger partial charge in [0.05, 0.1) is 13.2 Å². The van der Waals surface area contributed by atoms with E-state index in [-0.39, 0.29) is 0 Å². The predicted molar refractivity (Wildman–Crippen MR) is 80.7 cm³/mol. The summed E-state index contributed by atoms with van der Waals surface area (Å²) in [6.07, 6.45) is 7.84. The molecule has 1 heterocycles. The van der Waals surface area contributed by atoms with E-state index in [9.17, 15) is 0 Å². The molecule has 3 heteroatoms. The van der Waals surface area contributed by atoms with Gasteiger partial charge in [0, 0.05) is 6.54 Å². The smallest absolute Gasteiger partial charge is 0.161 e. The van der Waals surface area contributed by atoms with Gasteiger partial charge in [0.25, 0.3) is 0 Å². The van der Waals surface area contributed by atoms with Crippen molar-refractivity contribution >= 4 is 0 Å². The van der Waals surface area contributed by atoms with E-state index in [0.29, 0.717) is 12.0 Å². The summed E-state index contributed by atoms with van der Waals surface area (Å²) in [5.41, 5.74) is 1.38. The summed E-state index contributed by atoms with van der Waals surface area (Å²) in [4.78, 5) is 0. The van der Waals surface area contributed by atoms with Crippen LogP contribution in [-0.2, 0) is 0 Å². The third kappa shape index (κ3) is 3.09. The number of piperidine rings is 1. The van der Waals surface area contributed by atoms with Gasteiger partial charge in [0.1, 0.15) is 0 Å². The van der Waals surface area contributed by atoms with Crippen molar-refractivity contribution in [3.8, 4) is 11.5 Å². The van der Waals surface area contributed by atoms with Crippen molar-refractivity contribution in [3.63, 3.8) is 0 Å². The number of benzene rings is 1. The number of hydrogen-bond donors (Lipinski definition) is 1. The Morgan fingerprint density at radius 2 is 1.90 bits per heavy atom. The summed E-state index contributed by atoms with van der Waals surface area (Å²) in [6, 6.07) is 6.46. The average molecular weight is 275 g/mol. The maximum atomic E-state index is 6.18. The van der Waals surface area contributed by atoms with Crippen LogP contribution in [-0.4, -0.2) is 26.3 Å². The van der Waals surface area contributed by atoms with Crippen LogP contribution in [0.2, 0.25) is 0 Å². The SMILES string of the molecule is COc1ccc(C2CCCNC2)cc1OC1CCCC1. The zero-order chi connectivity index (χ0) is 13.8. The molecular weight excluding hydrogens is 250 g/mol. The van der Waals surface area contributed by atoms with Gasteiger partial charge < -0.3 is 14.8 Å². The molecule has 3 nitrogen and oxygen atoms in total. The van der Waals surface area contributed by atoms with Crippen molar-refractivity contribution in [2.45, 2.75) is 50.5 Å². The molecule has 1 unspecified atom stereocenters. The van der Waals surface area contributed by atoms with Gasteiger partial charge in [-0.1, -0.05) is 6.07 Å². The van der Waals surface area contributed by atoms with Crippen LogP contribution in [0.15, 0.2) is 18.2 Å². The fourth-order valence-corrected chi connectivity index (χ4v) is 3.36. The van der Waals surface area contributed by atoms with E-state index < -0.39 is 0 Å². The summed E-state index contributed by atoms with van der Waals surface area (Å²) < 4.78 is 11.6. The first-order valence-corrected chi connectivity index (χ1v) is 7.92. The molecule has 1 N–H and O–H groups in total. The lowest BCUT2D eigenvalue weighted by atomic mass is 9.91. The minimum Gasteiger partial charge on any atom is -0.493 e. The van der Waals surface area contributed by atoms with Gasteiger partial charge >= 0.3 is 0 Å². The normalized spacial score (nSPS) is 23.8. The molecule has 2 fully saturated rings. The zero-order valence-electron chi connectivity index (χ0n) is 12.4. The van der Waals surface area contributed by atoms with Gasteiger partial charge in [-0.05, 0) is 68.7 Å². The van der Waals surface area contributed by atoms with Crippen molar-refractivity contribution in [2.75, 3.05) is 20.2 Å². The van der Waals surface area contributed by atoms with Crippen LogP contribution in [0.1, 0.15) is 50.0 Å². The maximum absolute atomic E-state index is 6.18. The van der Waals surface area contributed by atoms with Crippen molar-refractivity contribution in [1.29, 1.82) is 0 Å². The number of ether oxygens (including phenoxy) is 2. The van der Waals surface area contributed by atoms with Crippen LogP contribution in [0.25, 0.3) is 0 Å². The fourth-order valence-electron chi connectivity index (χ4n) is 3.36. The Hall–Kier alpha value is -1.22. The summed E-state index contributed by atoms with van der Waals surface area (Å²) in [5.74, 6) is 2.41. The lowest BCUT2D eigenvalue weighted by Crippen LogP contribution is -2.28. The average Bonchev–Trinajstić information content (AvgIpc) is 3.01. The first-order valence-electron chi connectivity index (χ1n) is 7.92. The van der Waals surface area contributed by atoms with Gasteiger partial charge in [-0.25, -0.2) is 0 Å². The minimum absolute atomic E-state index is 0.378. The van der Waals surface area contributed by atoms with Crippen molar-refractivity contribution < 1.29 is 9.47 Å². The Bertz CT molecular complexity index is 435. The van der Waals surface area contributed by atoms with Gasteiger partial charge in [0.15, 0.2) is 11.5 Å². The van der Waals surface area contributed by atoms with Crippen LogP contribution in [0.4, 0.5) is 0 Å². The highest BCUT2D eigenvalue weighted by Crippen LogP contribution is 2.35. The summed E-state index contributed by atoms with van der Waals surface area (Å²) in [5, 5.41) is 3.48. The second-order valence-corrected chi connectivity index (χ2v) is 5.98. The van der Waals surface area contributed by atoms with Crippen molar-refractivity contribution in [3.05, 3.63) is 23.8 Å². The standard InChI is InChI=1S/C17H25NO2/c1-19-16-9-8-13(14-5-4-10-18-12-14)11-17(16)20-15-6-2-3-7-15/h8-9,11,14-15,18H,2-7,10,12H2,1H3. The Balaban J connectivity index is 1.78. The molecule has 20 heavy (non-hydrogen) atoms. The first-order chi connectivity index (χ1) is 9.86. The predicted octanol–water partition coefficient (Wildman–Crippen LogP) is 3.48. The Kier molecular flexibility index (Phi) is 4.46. The van der Waals surface area contributed by atoms with Gasteiger partial charge in [-0.2, -0.15) is 0 Å². The molecule has 1 aromatic rings. The molecule has 2 aliphatic rings. The molecule has 0 spiro atoms. The number of rotatable bonds is 4. The summed E-state index contributed by atoms with van der Waals surface area (Å²) >= 11 is 0. The molecular formula is C17H25NO2. The van der Waals surface area contributed by atoms with Gasteiger partial charge in [-0.3, -0.25) is 0 Å². The van der Waals surface area contributed by atoms with Crippen LogP contribution in [0, 0.1) is 0 Å². The minimum atomic E-state index is 0.378. The molecule has 0 bridgehead atoms. The molecule has 1 saturated carbocycles. The molecule has 1 aromatic carbocycles. The molecule has 1 aliphatic carbocycles. The highest BCUT2D eigenvalue weighted by molar-refractivity contribution is 5.44. The Morgan fingerprint density at radius 1 is 1.05 bits per heavy atom. The highest BCUT2D eigenvalue weighted by Gasteiger charge is 2.21. The first kappa shape index (κ1) is 13.7. The summed E-state index contributed by atoms with van der Waals surface area (Å²) in [7, 11) is 1.72. The Labute approximate surface area is 121 Å². The van der Waals surface area contributed by atoms with E-state index in [2.05, 4.69) is 23.5 Å². The van der Waals surface area contributed by atoms with Crippen LogP contribution < -0.4 is 14.8 Å². The number of nitrogens with one attached hydrogen (secondary N) is 1. The van der Waals surface area contributed by atoms with E-state index in [1.54, 1.807) is 7.11 Å². The lowest BCUT2D eigenvalue weighted by Gasteiger charge is -2.24. The zero-order valence-corrected chi connectivity index (χ0v) is 12.4. The molecule has 110 valence electrons. The van der Waals surface area contributed by atoms with Gasteiger partial charge in [-0.15, -0.1) is 0 Å². The molecule has 1 saturated heterocycles. The maximum Gasteiger partial charge on any atom is 0.161 e. The number of methoxy groups -OCH3 is 1. The molecule has 1 atom stereocenters. The number of hydrogen-bond acceptors (Lipinski definition) is 3. The largest absolute Gasteiger partial charge is 0.493 e. The molecule has 0 aromatic heterocycles. The second kappa shape index (κ2) is 6.49. The van der Waals surface area contributed by atoms with Crippen LogP contribution in [0.5, 0.6) is 11.5 Å².